The molecule has 2 aromatic rings. The van der Waals surface area contributed by atoms with Crippen molar-refractivity contribution in [1.82, 2.24) is 20.9 Å². The van der Waals surface area contributed by atoms with Gasteiger partial charge >= 0.3 is 11.9 Å². The molecule has 3 atom stereocenters. The molecule has 0 fully saturated rings. The number of H-pyrrole nitrogens is 1. The monoisotopic (exact) mass is 504 g/mol. The minimum atomic E-state index is -1.61. The number of hydrogen-bond acceptors (Lipinski definition) is 7. The quantitative estimate of drug-likeness (QED) is 0.141. The lowest BCUT2D eigenvalue weighted by molar-refractivity contribution is -0.143. The number of carboxylic acid groups (broad SMARTS) is 2. The van der Waals surface area contributed by atoms with Crippen molar-refractivity contribution >= 4 is 46.5 Å². The number of amides is 4. The molecule has 2 rings (SSSR count). The summed E-state index contributed by atoms with van der Waals surface area (Å²) in [6, 6.07) is 3.16. The minimum Gasteiger partial charge on any atom is -0.481 e. The van der Waals surface area contributed by atoms with Crippen molar-refractivity contribution in [2.75, 3.05) is 6.54 Å². The average Bonchev–Trinajstić information content (AvgIpc) is 3.22. The molecule has 36 heavy (non-hydrogen) atoms. The first-order valence-corrected chi connectivity index (χ1v) is 10.9. The van der Waals surface area contributed by atoms with E-state index in [2.05, 4.69) is 20.9 Å². The van der Waals surface area contributed by atoms with Gasteiger partial charge in [0, 0.05) is 29.9 Å². The predicted octanol–water partition coefficient (Wildman–Crippen LogP) is -2.05. The van der Waals surface area contributed by atoms with Gasteiger partial charge in [-0.25, -0.2) is 4.79 Å². The van der Waals surface area contributed by atoms with Gasteiger partial charge in [0.05, 0.1) is 19.0 Å². The van der Waals surface area contributed by atoms with Crippen LogP contribution in [0.2, 0.25) is 0 Å². The summed E-state index contributed by atoms with van der Waals surface area (Å²) in [5.41, 5.74) is 12.1. The number of benzene rings is 1. The summed E-state index contributed by atoms with van der Waals surface area (Å²) < 4.78 is 0. The van der Waals surface area contributed by atoms with Crippen molar-refractivity contribution in [2.24, 2.45) is 11.5 Å². The molecule has 194 valence electrons. The highest BCUT2D eigenvalue weighted by molar-refractivity contribution is 5.94. The number of carboxylic acids is 2. The van der Waals surface area contributed by atoms with Gasteiger partial charge in [0.1, 0.15) is 12.1 Å². The van der Waals surface area contributed by atoms with Crippen LogP contribution in [0, 0.1) is 0 Å². The molecule has 0 aliphatic rings. The van der Waals surface area contributed by atoms with Gasteiger partial charge in [-0.1, -0.05) is 18.2 Å². The molecule has 0 saturated carbocycles. The van der Waals surface area contributed by atoms with Crippen molar-refractivity contribution in [3.63, 3.8) is 0 Å². The lowest BCUT2D eigenvalue weighted by Crippen LogP contribution is -2.55. The summed E-state index contributed by atoms with van der Waals surface area (Å²) in [5.74, 6) is -5.97. The van der Waals surface area contributed by atoms with Crippen molar-refractivity contribution in [3.05, 3.63) is 36.0 Å². The van der Waals surface area contributed by atoms with E-state index in [-0.39, 0.29) is 19.3 Å². The lowest BCUT2D eigenvalue weighted by Gasteiger charge is -2.21. The number of para-hydroxylation sites is 1. The molecule has 0 spiro atoms. The molecule has 3 unspecified atom stereocenters. The van der Waals surface area contributed by atoms with Crippen LogP contribution in [0.4, 0.5) is 0 Å². The molecule has 4 amide bonds. The van der Waals surface area contributed by atoms with Crippen LogP contribution in [0.1, 0.15) is 24.8 Å². The molecule has 1 heterocycles. The van der Waals surface area contributed by atoms with Crippen molar-refractivity contribution in [1.29, 1.82) is 0 Å². The Bertz CT molecular complexity index is 1150. The SMILES string of the molecule is NC(=O)CC(NC(=O)C(Cc1c[nH]c2ccccc12)NC(=O)CNC(=O)C(N)CCC(=O)O)C(=O)O. The van der Waals surface area contributed by atoms with Gasteiger partial charge in [0.25, 0.3) is 0 Å². The Hall–Kier alpha value is -4.46. The molecule has 1 aromatic carbocycles. The second-order valence-electron chi connectivity index (χ2n) is 8.01. The number of carbonyl (C=O) groups is 6. The Morgan fingerprint density at radius 3 is 2.31 bits per heavy atom. The molecule has 14 nitrogen and oxygen atoms in total. The van der Waals surface area contributed by atoms with E-state index in [1.54, 1.807) is 24.4 Å². The summed E-state index contributed by atoms with van der Waals surface area (Å²) in [6.45, 7) is -0.569. The zero-order valence-corrected chi connectivity index (χ0v) is 19.2. The highest BCUT2D eigenvalue weighted by Gasteiger charge is 2.28. The minimum absolute atomic E-state index is 0.0451. The Morgan fingerprint density at radius 2 is 1.67 bits per heavy atom. The number of aliphatic carboxylic acids is 2. The second-order valence-corrected chi connectivity index (χ2v) is 8.01. The van der Waals surface area contributed by atoms with Crippen LogP contribution >= 0.6 is 0 Å². The van der Waals surface area contributed by atoms with E-state index in [0.29, 0.717) is 5.56 Å². The third-order valence-corrected chi connectivity index (χ3v) is 5.20. The Labute approximate surface area is 204 Å². The maximum absolute atomic E-state index is 12.9. The number of primary amides is 1. The molecular weight excluding hydrogens is 476 g/mol. The zero-order valence-electron chi connectivity index (χ0n) is 19.2. The van der Waals surface area contributed by atoms with Gasteiger partial charge in [-0.3, -0.25) is 24.0 Å². The fourth-order valence-electron chi connectivity index (χ4n) is 3.36. The largest absolute Gasteiger partial charge is 0.481 e. The Kier molecular flexibility index (Phi) is 9.92. The van der Waals surface area contributed by atoms with Crippen LogP contribution in [0.25, 0.3) is 10.9 Å². The molecule has 0 saturated heterocycles. The maximum Gasteiger partial charge on any atom is 0.326 e. The van der Waals surface area contributed by atoms with E-state index in [1.807, 2.05) is 6.07 Å². The lowest BCUT2D eigenvalue weighted by atomic mass is 10.0. The van der Waals surface area contributed by atoms with E-state index in [9.17, 15) is 33.9 Å². The number of hydrogen-bond donors (Lipinski definition) is 8. The fourth-order valence-corrected chi connectivity index (χ4v) is 3.36. The Morgan fingerprint density at radius 1 is 0.972 bits per heavy atom. The molecular formula is C22H28N6O8. The fraction of sp³-hybridized carbons (Fsp3) is 0.364. The van der Waals surface area contributed by atoms with Crippen molar-refractivity contribution < 1.29 is 39.0 Å². The normalized spacial score (nSPS) is 13.2. The van der Waals surface area contributed by atoms with Gasteiger partial charge < -0.3 is 42.6 Å². The number of carbonyl (C=O) groups excluding carboxylic acids is 4. The number of rotatable bonds is 14. The van der Waals surface area contributed by atoms with E-state index < -0.39 is 66.7 Å². The van der Waals surface area contributed by atoms with Gasteiger partial charge in [-0.2, -0.15) is 0 Å². The molecule has 0 aliphatic carbocycles. The van der Waals surface area contributed by atoms with Gasteiger partial charge in [-0.05, 0) is 18.1 Å². The second kappa shape index (κ2) is 12.9. The molecule has 0 bridgehead atoms. The first kappa shape index (κ1) is 27.8. The third-order valence-electron chi connectivity index (χ3n) is 5.20. The number of nitrogens with one attached hydrogen (secondary N) is 4. The van der Waals surface area contributed by atoms with Crippen molar-refractivity contribution in [3.8, 4) is 0 Å². The van der Waals surface area contributed by atoms with Crippen LogP contribution in [-0.2, 0) is 35.2 Å². The van der Waals surface area contributed by atoms with Crippen LogP contribution in [-0.4, -0.2) is 75.4 Å². The van der Waals surface area contributed by atoms with Crippen LogP contribution in [0.15, 0.2) is 30.5 Å². The molecule has 10 N–H and O–H groups in total. The van der Waals surface area contributed by atoms with E-state index in [0.717, 1.165) is 10.9 Å². The summed E-state index contributed by atoms with van der Waals surface area (Å²) in [4.78, 5) is 73.7. The van der Waals surface area contributed by atoms with E-state index in [1.165, 1.54) is 0 Å². The number of fused-ring (bicyclic) bond motifs is 1. The topological polar surface area (TPSA) is 247 Å². The standard InChI is InChI=1S/C22H28N6O8/c23-13(5-6-19(31)32)20(33)26-10-18(30)27-15(21(34)28-16(22(35)36)8-17(24)29)7-11-9-25-14-4-2-1-3-12(11)14/h1-4,9,13,15-16,25H,5-8,10,23H2,(H2,24,29)(H,26,33)(H,27,30)(H,28,34)(H,31,32)(H,35,36). The first-order valence-electron chi connectivity index (χ1n) is 10.9. The van der Waals surface area contributed by atoms with Crippen molar-refractivity contribution in [2.45, 2.75) is 43.8 Å². The first-order chi connectivity index (χ1) is 17.0. The maximum atomic E-state index is 12.9. The summed E-state index contributed by atoms with van der Waals surface area (Å²) in [5, 5.41) is 25.6. The van der Waals surface area contributed by atoms with Crippen LogP contribution < -0.4 is 27.4 Å². The molecule has 1 aromatic heterocycles. The van der Waals surface area contributed by atoms with Gasteiger partial charge in [-0.15, -0.1) is 0 Å². The predicted molar refractivity (Wildman–Crippen MR) is 125 cm³/mol. The van der Waals surface area contributed by atoms with Crippen LogP contribution in [0.3, 0.4) is 0 Å². The highest BCUT2D eigenvalue weighted by Crippen LogP contribution is 2.19. The van der Waals surface area contributed by atoms with Crippen LogP contribution in [0.5, 0.6) is 0 Å². The zero-order chi connectivity index (χ0) is 26.8. The molecule has 0 radical (unpaired) electrons. The van der Waals surface area contributed by atoms with E-state index in [4.69, 9.17) is 16.6 Å². The molecule has 14 heteroatoms. The van der Waals surface area contributed by atoms with Gasteiger partial charge in [0.15, 0.2) is 0 Å². The Balaban J connectivity index is 2.13. The summed E-state index contributed by atoms with van der Waals surface area (Å²) in [6.07, 6.45) is 0.475. The van der Waals surface area contributed by atoms with Gasteiger partial charge in [0.2, 0.25) is 23.6 Å². The highest BCUT2D eigenvalue weighted by atomic mass is 16.4. The third kappa shape index (κ3) is 8.39. The summed E-state index contributed by atoms with van der Waals surface area (Å²) in [7, 11) is 0. The average molecular weight is 505 g/mol. The number of aromatic nitrogens is 1. The smallest absolute Gasteiger partial charge is 0.326 e. The number of aromatic amines is 1. The summed E-state index contributed by atoms with van der Waals surface area (Å²) >= 11 is 0. The van der Waals surface area contributed by atoms with E-state index >= 15 is 0 Å². The number of nitrogens with two attached hydrogens (primary N) is 2. The molecule has 0 aliphatic heterocycles.